The highest BCUT2D eigenvalue weighted by Crippen LogP contribution is 2.24. The van der Waals surface area contributed by atoms with Crippen LogP contribution in [0.1, 0.15) is 30.9 Å². The number of halogens is 1. The van der Waals surface area contributed by atoms with Crippen LogP contribution in [-0.4, -0.2) is 42.6 Å². The highest BCUT2D eigenvalue weighted by atomic mass is 79.9. The molecule has 0 aromatic carbocycles. The first kappa shape index (κ1) is 14.8. The molecule has 1 aliphatic rings. The van der Waals surface area contributed by atoms with Gasteiger partial charge in [-0.25, -0.2) is 4.98 Å². The van der Waals surface area contributed by atoms with Crippen molar-refractivity contribution in [3.8, 4) is 0 Å². The van der Waals surface area contributed by atoms with E-state index in [0.29, 0.717) is 6.04 Å². The van der Waals surface area contributed by atoms with Gasteiger partial charge in [-0.3, -0.25) is 0 Å². The van der Waals surface area contributed by atoms with E-state index in [1.807, 2.05) is 6.20 Å². The number of hydrogen-bond donors (Lipinski definition) is 0. The van der Waals surface area contributed by atoms with E-state index in [1.54, 1.807) is 0 Å². The summed E-state index contributed by atoms with van der Waals surface area (Å²) in [7, 11) is 2.22. The Bertz CT molecular complexity index is 422. The first-order chi connectivity index (χ1) is 9.15. The number of aromatic nitrogens is 1. The summed E-state index contributed by atoms with van der Waals surface area (Å²) in [6, 6.07) is 2.83. The molecule has 4 heteroatoms. The quantitative estimate of drug-likeness (QED) is 0.795. The van der Waals surface area contributed by atoms with E-state index >= 15 is 0 Å². The summed E-state index contributed by atoms with van der Waals surface area (Å²) < 4.78 is 0. The Kier molecular flexibility index (Phi) is 5.22. The Hall–Kier alpha value is -0.610. The van der Waals surface area contributed by atoms with Crippen LogP contribution >= 0.6 is 15.9 Å². The summed E-state index contributed by atoms with van der Waals surface area (Å²) in [5, 5.41) is 0.876. The Morgan fingerprint density at radius 1 is 1.42 bits per heavy atom. The van der Waals surface area contributed by atoms with Crippen molar-refractivity contribution in [2.75, 3.05) is 31.6 Å². The number of alkyl halides is 1. The SMILES string of the molecule is CCC1CN(C)CCCN1c1ncc(CBr)cc1C. The molecule has 1 unspecified atom stereocenters. The lowest BCUT2D eigenvalue weighted by Gasteiger charge is -2.32. The fraction of sp³-hybridized carbons (Fsp3) is 0.667. The van der Waals surface area contributed by atoms with E-state index in [1.165, 1.54) is 36.3 Å². The third-order valence-corrected chi connectivity index (χ3v) is 4.55. The van der Waals surface area contributed by atoms with Crippen molar-refractivity contribution in [3.63, 3.8) is 0 Å². The molecule has 2 heterocycles. The number of rotatable bonds is 3. The second-order valence-electron chi connectivity index (χ2n) is 5.49. The van der Waals surface area contributed by atoms with Crippen molar-refractivity contribution >= 4 is 21.7 Å². The molecule has 1 aromatic rings. The molecule has 3 nitrogen and oxygen atoms in total. The van der Waals surface area contributed by atoms with E-state index in [2.05, 4.69) is 52.7 Å². The molecule has 0 aliphatic carbocycles. The molecule has 19 heavy (non-hydrogen) atoms. The van der Waals surface area contributed by atoms with Gasteiger partial charge in [-0.05, 0) is 44.5 Å². The minimum absolute atomic E-state index is 0.577. The Balaban J connectivity index is 2.27. The summed E-state index contributed by atoms with van der Waals surface area (Å²) >= 11 is 3.50. The number of aryl methyl sites for hydroxylation is 1. The van der Waals surface area contributed by atoms with Gasteiger partial charge in [-0.2, -0.15) is 0 Å². The monoisotopic (exact) mass is 325 g/mol. The minimum Gasteiger partial charge on any atom is -0.352 e. The second kappa shape index (κ2) is 6.71. The van der Waals surface area contributed by atoms with Gasteiger partial charge in [0.25, 0.3) is 0 Å². The summed E-state index contributed by atoms with van der Waals surface area (Å²) in [4.78, 5) is 9.67. The summed E-state index contributed by atoms with van der Waals surface area (Å²) in [5.41, 5.74) is 2.54. The first-order valence-electron chi connectivity index (χ1n) is 7.12. The number of pyridine rings is 1. The summed E-state index contributed by atoms with van der Waals surface area (Å²) in [6.07, 6.45) is 4.39. The van der Waals surface area contributed by atoms with Gasteiger partial charge >= 0.3 is 0 Å². The summed E-state index contributed by atoms with van der Waals surface area (Å²) in [5.74, 6) is 1.17. The van der Waals surface area contributed by atoms with Gasteiger partial charge < -0.3 is 9.80 Å². The molecule has 1 fully saturated rings. The van der Waals surface area contributed by atoms with Crippen LogP contribution in [0.2, 0.25) is 0 Å². The number of anilines is 1. The van der Waals surface area contributed by atoms with Crippen molar-refractivity contribution in [2.24, 2.45) is 0 Å². The number of likely N-dealkylation sites (N-methyl/N-ethyl adjacent to an activating group) is 1. The average Bonchev–Trinajstić information content (AvgIpc) is 2.60. The molecule has 0 spiro atoms. The zero-order valence-corrected chi connectivity index (χ0v) is 13.8. The van der Waals surface area contributed by atoms with Crippen molar-refractivity contribution in [1.82, 2.24) is 9.88 Å². The maximum absolute atomic E-state index is 4.72. The maximum Gasteiger partial charge on any atom is 0.131 e. The van der Waals surface area contributed by atoms with Crippen molar-refractivity contribution in [3.05, 3.63) is 23.4 Å². The van der Waals surface area contributed by atoms with Crippen LogP contribution < -0.4 is 4.90 Å². The molecule has 2 rings (SSSR count). The van der Waals surface area contributed by atoms with Gasteiger partial charge in [0.2, 0.25) is 0 Å². The van der Waals surface area contributed by atoms with Gasteiger partial charge in [0.1, 0.15) is 5.82 Å². The zero-order chi connectivity index (χ0) is 13.8. The van der Waals surface area contributed by atoms with Crippen LogP contribution in [0.5, 0.6) is 0 Å². The van der Waals surface area contributed by atoms with Crippen LogP contribution in [0.25, 0.3) is 0 Å². The van der Waals surface area contributed by atoms with Gasteiger partial charge in [-0.1, -0.05) is 28.9 Å². The van der Waals surface area contributed by atoms with E-state index in [4.69, 9.17) is 4.98 Å². The number of hydrogen-bond acceptors (Lipinski definition) is 3. The molecule has 1 aromatic heterocycles. The Morgan fingerprint density at radius 2 is 2.21 bits per heavy atom. The van der Waals surface area contributed by atoms with Gasteiger partial charge in [0, 0.05) is 30.7 Å². The fourth-order valence-electron chi connectivity index (χ4n) is 2.87. The second-order valence-corrected chi connectivity index (χ2v) is 6.05. The molecule has 0 amide bonds. The lowest BCUT2D eigenvalue weighted by molar-refractivity contribution is 0.327. The lowest BCUT2D eigenvalue weighted by atomic mass is 10.1. The molecule has 106 valence electrons. The molecule has 1 saturated heterocycles. The Labute approximate surface area is 125 Å². The van der Waals surface area contributed by atoms with Crippen LogP contribution in [-0.2, 0) is 5.33 Å². The fourth-order valence-corrected chi connectivity index (χ4v) is 3.18. The molecule has 0 saturated carbocycles. The predicted molar refractivity (Wildman–Crippen MR) is 85.1 cm³/mol. The molecule has 1 atom stereocenters. The largest absolute Gasteiger partial charge is 0.352 e. The van der Waals surface area contributed by atoms with Crippen LogP contribution in [0, 0.1) is 6.92 Å². The van der Waals surface area contributed by atoms with Crippen molar-refractivity contribution in [1.29, 1.82) is 0 Å². The standard InChI is InChI=1S/C15H24BrN3/c1-4-14-11-18(3)6-5-7-19(14)15-12(2)8-13(9-16)10-17-15/h8,10,14H,4-7,9,11H2,1-3H3. The van der Waals surface area contributed by atoms with Crippen molar-refractivity contribution < 1.29 is 0 Å². The van der Waals surface area contributed by atoms with Gasteiger partial charge in [0.05, 0.1) is 0 Å². The molecule has 0 N–H and O–H groups in total. The van der Waals surface area contributed by atoms with Crippen LogP contribution in [0.4, 0.5) is 5.82 Å². The topological polar surface area (TPSA) is 19.4 Å². The Morgan fingerprint density at radius 3 is 2.84 bits per heavy atom. The third kappa shape index (κ3) is 3.48. The van der Waals surface area contributed by atoms with Crippen LogP contribution in [0.3, 0.4) is 0 Å². The third-order valence-electron chi connectivity index (χ3n) is 3.91. The molecule has 1 aliphatic heterocycles. The highest BCUT2D eigenvalue weighted by Gasteiger charge is 2.24. The van der Waals surface area contributed by atoms with E-state index in [9.17, 15) is 0 Å². The number of nitrogens with zero attached hydrogens (tertiary/aromatic N) is 3. The summed E-state index contributed by atoms with van der Waals surface area (Å²) in [6.45, 7) is 7.89. The predicted octanol–water partition coefficient (Wildman–Crippen LogP) is 3.21. The van der Waals surface area contributed by atoms with E-state index in [0.717, 1.165) is 18.4 Å². The van der Waals surface area contributed by atoms with Gasteiger partial charge in [-0.15, -0.1) is 0 Å². The van der Waals surface area contributed by atoms with E-state index in [-0.39, 0.29) is 0 Å². The normalized spacial score (nSPS) is 21.5. The molecule has 0 bridgehead atoms. The van der Waals surface area contributed by atoms with Gasteiger partial charge in [0.15, 0.2) is 0 Å². The van der Waals surface area contributed by atoms with Crippen LogP contribution in [0.15, 0.2) is 12.3 Å². The first-order valence-corrected chi connectivity index (χ1v) is 8.24. The maximum atomic E-state index is 4.72. The zero-order valence-electron chi connectivity index (χ0n) is 12.2. The average molecular weight is 326 g/mol. The van der Waals surface area contributed by atoms with Crippen molar-refractivity contribution in [2.45, 2.75) is 38.1 Å². The molecular weight excluding hydrogens is 302 g/mol. The molecule has 0 radical (unpaired) electrons. The molecular formula is C15H24BrN3. The minimum atomic E-state index is 0.577. The van der Waals surface area contributed by atoms with E-state index < -0.39 is 0 Å². The lowest BCUT2D eigenvalue weighted by Crippen LogP contribution is -2.40. The smallest absolute Gasteiger partial charge is 0.131 e. The highest BCUT2D eigenvalue weighted by molar-refractivity contribution is 9.08.